The van der Waals surface area contributed by atoms with Crippen LogP contribution in [0.4, 0.5) is 5.88 Å². The predicted molar refractivity (Wildman–Crippen MR) is 81.9 cm³/mol. The number of halogens is 1. The van der Waals surface area contributed by atoms with Crippen molar-refractivity contribution >= 4 is 27.5 Å². The summed E-state index contributed by atoms with van der Waals surface area (Å²) in [5, 5.41) is 4.02. The highest BCUT2D eigenvalue weighted by molar-refractivity contribution is 7.92. The monoisotopic (exact) mass is 342 g/mol. The molecular formula is C14H15ClN2O4S. The van der Waals surface area contributed by atoms with Crippen LogP contribution >= 0.6 is 11.6 Å². The zero-order chi connectivity index (χ0) is 16.0. The van der Waals surface area contributed by atoms with E-state index in [1.165, 1.54) is 19.2 Å². The van der Waals surface area contributed by atoms with Gasteiger partial charge in [-0.25, -0.2) is 13.1 Å². The van der Waals surface area contributed by atoms with E-state index in [1.807, 2.05) is 0 Å². The van der Waals surface area contributed by atoms with E-state index in [-0.39, 0.29) is 21.2 Å². The van der Waals surface area contributed by atoms with Gasteiger partial charge in [0.05, 0.1) is 17.8 Å². The van der Waals surface area contributed by atoms with Crippen LogP contribution in [0.25, 0.3) is 0 Å². The van der Waals surface area contributed by atoms with Crippen molar-refractivity contribution < 1.29 is 17.7 Å². The summed E-state index contributed by atoms with van der Waals surface area (Å²) < 4.78 is 37.3. The Balaban J connectivity index is 1.89. The molecule has 6 nitrogen and oxygen atoms in total. The van der Waals surface area contributed by atoms with Gasteiger partial charge in [-0.05, 0) is 25.0 Å². The van der Waals surface area contributed by atoms with E-state index in [0.29, 0.717) is 5.75 Å². The lowest BCUT2D eigenvalue weighted by Gasteiger charge is -2.08. The van der Waals surface area contributed by atoms with Gasteiger partial charge in [0.25, 0.3) is 10.0 Å². The molecule has 1 fully saturated rings. The Morgan fingerprint density at radius 3 is 2.73 bits per heavy atom. The number of ether oxygens (including phenoxy) is 1. The molecule has 3 rings (SSSR count). The van der Waals surface area contributed by atoms with Crippen LogP contribution in [0.15, 0.2) is 33.7 Å². The van der Waals surface area contributed by atoms with Gasteiger partial charge in [0.15, 0.2) is 0 Å². The number of benzene rings is 1. The maximum Gasteiger partial charge on any atom is 0.265 e. The smallest absolute Gasteiger partial charge is 0.265 e. The SMILES string of the molecule is COc1ccc(Cl)c(S(=O)(=O)Nc2cc(C3(C)CC3)no2)c1. The molecule has 118 valence electrons. The third-order valence-electron chi connectivity index (χ3n) is 3.79. The number of sulfonamides is 1. The maximum absolute atomic E-state index is 12.4. The van der Waals surface area contributed by atoms with Crippen LogP contribution < -0.4 is 9.46 Å². The van der Waals surface area contributed by atoms with Crippen molar-refractivity contribution in [2.45, 2.75) is 30.1 Å². The Bertz CT molecular complexity index is 812. The quantitative estimate of drug-likeness (QED) is 0.902. The van der Waals surface area contributed by atoms with Gasteiger partial charge < -0.3 is 9.26 Å². The van der Waals surface area contributed by atoms with Crippen molar-refractivity contribution in [3.63, 3.8) is 0 Å². The number of anilines is 1. The van der Waals surface area contributed by atoms with Gasteiger partial charge in [-0.3, -0.25) is 0 Å². The van der Waals surface area contributed by atoms with Crippen LogP contribution in [0.1, 0.15) is 25.5 Å². The molecule has 0 unspecified atom stereocenters. The average molecular weight is 343 g/mol. The van der Waals surface area contributed by atoms with Crippen molar-refractivity contribution in [3.05, 3.63) is 35.0 Å². The van der Waals surface area contributed by atoms with E-state index in [9.17, 15) is 8.42 Å². The molecule has 1 aromatic heterocycles. The molecule has 0 bridgehead atoms. The maximum atomic E-state index is 12.4. The Labute approximate surface area is 133 Å². The Morgan fingerprint density at radius 2 is 2.09 bits per heavy atom. The molecule has 1 aliphatic rings. The van der Waals surface area contributed by atoms with Gasteiger partial charge in [0.1, 0.15) is 10.6 Å². The van der Waals surface area contributed by atoms with E-state index in [4.69, 9.17) is 20.9 Å². The van der Waals surface area contributed by atoms with Crippen LogP contribution in [0.5, 0.6) is 5.75 Å². The lowest BCUT2D eigenvalue weighted by molar-refractivity contribution is 0.413. The minimum atomic E-state index is -3.88. The van der Waals surface area contributed by atoms with Crippen LogP contribution in [-0.2, 0) is 15.4 Å². The summed E-state index contributed by atoms with van der Waals surface area (Å²) in [6.45, 7) is 2.06. The second kappa shape index (κ2) is 5.17. The number of hydrogen-bond acceptors (Lipinski definition) is 5. The molecule has 1 heterocycles. The van der Waals surface area contributed by atoms with E-state index in [0.717, 1.165) is 18.5 Å². The third-order valence-corrected chi connectivity index (χ3v) is 5.62. The molecule has 1 aromatic carbocycles. The van der Waals surface area contributed by atoms with Crippen LogP contribution in [0, 0.1) is 0 Å². The first-order chi connectivity index (χ1) is 10.3. The van der Waals surface area contributed by atoms with Gasteiger partial charge in [0, 0.05) is 17.5 Å². The number of hydrogen-bond donors (Lipinski definition) is 1. The van der Waals surface area contributed by atoms with Crippen molar-refractivity contribution in [1.29, 1.82) is 0 Å². The first-order valence-corrected chi connectivity index (χ1v) is 8.54. The van der Waals surface area contributed by atoms with Crippen LogP contribution in [0.3, 0.4) is 0 Å². The van der Waals surface area contributed by atoms with Gasteiger partial charge in [-0.1, -0.05) is 23.7 Å². The summed E-state index contributed by atoms with van der Waals surface area (Å²) in [5.74, 6) is 0.468. The van der Waals surface area contributed by atoms with Crippen molar-refractivity contribution in [2.24, 2.45) is 0 Å². The fourth-order valence-electron chi connectivity index (χ4n) is 2.06. The molecular weight excluding hydrogens is 328 g/mol. The lowest BCUT2D eigenvalue weighted by Crippen LogP contribution is -2.13. The van der Waals surface area contributed by atoms with E-state index < -0.39 is 10.0 Å². The first-order valence-electron chi connectivity index (χ1n) is 6.68. The molecule has 0 spiro atoms. The minimum Gasteiger partial charge on any atom is -0.497 e. The Morgan fingerprint density at radius 1 is 1.36 bits per heavy atom. The minimum absolute atomic E-state index is 0.000798. The highest BCUT2D eigenvalue weighted by Gasteiger charge is 2.42. The lowest BCUT2D eigenvalue weighted by atomic mass is 10.1. The highest BCUT2D eigenvalue weighted by atomic mass is 35.5. The molecule has 0 radical (unpaired) electrons. The summed E-state index contributed by atoms with van der Waals surface area (Å²) in [5.41, 5.74) is 0.753. The zero-order valence-electron chi connectivity index (χ0n) is 12.1. The molecule has 0 amide bonds. The number of aromatic nitrogens is 1. The van der Waals surface area contributed by atoms with E-state index in [2.05, 4.69) is 16.8 Å². The Hall–Kier alpha value is -1.73. The fraction of sp³-hybridized carbons (Fsp3) is 0.357. The second-order valence-corrected chi connectivity index (χ2v) is 7.60. The summed E-state index contributed by atoms with van der Waals surface area (Å²) in [6.07, 6.45) is 2.04. The number of nitrogens with zero attached hydrogens (tertiary/aromatic N) is 1. The summed E-state index contributed by atoms with van der Waals surface area (Å²) in [6, 6.07) is 6.01. The molecule has 0 saturated heterocycles. The van der Waals surface area contributed by atoms with Crippen LogP contribution in [0.2, 0.25) is 5.02 Å². The molecule has 0 atom stereocenters. The molecule has 1 N–H and O–H groups in total. The topological polar surface area (TPSA) is 81.4 Å². The molecule has 1 saturated carbocycles. The zero-order valence-corrected chi connectivity index (χ0v) is 13.7. The largest absolute Gasteiger partial charge is 0.497 e. The molecule has 8 heteroatoms. The highest BCUT2D eigenvalue weighted by Crippen LogP contribution is 2.47. The number of methoxy groups -OCH3 is 1. The van der Waals surface area contributed by atoms with Gasteiger partial charge in [-0.15, -0.1) is 0 Å². The van der Waals surface area contributed by atoms with Gasteiger partial charge >= 0.3 is 0 Å². The number of rotatable bonds is 5. The van der Waals surface area contributed by atoms with E-state index >= 15 is 0 Å². The predicted octanol–water partition coefficient (Wildman–Crippen LogP) is 3.19. The first kappa shape index (κ1) is 15.2. The fourth-order valence-corrected chi connectivity index (χ4v) is 3.54. The molecule has 1 aliphatic carbocycles. The normalized spacial score (nSPS) is 16.3. The van der Waals surface area contributed by atoms with Crippen molar-refractivity contribution in [3.8, 4) is 5.75 Å². The second-order valence-electron chi connectivity index (χ2n) is 5.54. The average Bonchev–Trinajstić information content (AvgIpc) is 3.05. The van der Waals surface area contributed by atoms with Gasteiger partial charge in [0.2, 0.25) is 5.88 Å². The third kappa shape index (κ3) is 2.78. The van der Waals surface area contributed by atoms with Crippen LogP contribution in [-0.4, -0.2) is 20.7 Å². The summed E-state index contributed by atoms with van der Waals surface area (Å²) in [7, 11) is -2.43. The molecule has 22 heavy (non-hydrogen) atoms. The van der Waals surface area contributed by atoms with Crippen molar-refractivity contribution in [2.75, 3.05) is 11.8 Å². The summed E-state index contributed by atoms with van der Waals surface area (Å²) in [4.78, 5) is -0.0795. The summed E-state index contributed by atoms with van der Waals surface area (Å²) >= 11 is 5.97. The Kier molecular flexibility index (Phi) is 3.57. The number of nitrogens with one attached hydrogen (secondary N) is 1. The molecule has 0 aliphatic heterocycles. The molecule has 2 aromatic rings. The van der Waals surface area contributed by atoms with Gasteiger partial charge in [-0.2, -0.15) is 0 Å². The standard InChI is InChI=1S/C14H15ClN2O4S/c1-14(5-6-14)12-8-13(21-16-12)17-22(18,19)11-7-9(20-2)3-4-10(11)15/h3-4,7-8,17H,5-6H2,1-2H3. The van der Waals surface area contributed by atoms with Crippen molar-refractivity contribution in [1.82, 2.24) is 5.16 Å². The van der Waals surface area contributed by atoms with E-state index in [1.54, 1.807) is 12.1 Å².